The second-order valence-electron chi connectivity index (χ2n) is 11.6. The zero-order valence-corrected chi connectivity index (χ0v) is 19.9. The number of fused-ring (bicyclic) bond motifs is 2. The predicted octanol–water partition coefficient (Wildman–Crippen LogP) is 4.89. The molecular formula is C28H40N2O2. The van der Waals surface area contributed by atoms with Crippen molar-refractivity contribution in [1.29, 1.82) is 0 Å². The highest BCUT2D eigenvalue weighted by Gasteiger charge is 2.54. The third kappa shape index (κ3) is 4.10. The number of amides is 2. The van der Waals surface area contributed by atoms with Gasteiger partial charge >= 0.3 is 0 Å². The first-order valence-corrected chi connectivity index (χ1v) is 13.1. The number of rotatable bonds is 5. The van der Waals surface area contributed by atoms with Crippen LogP contribution < -0.4 is 5.32 Å². The van der Waals surface area contributed by atoms with Crippen LogP contribution in [0.4, 0.5) is 0 Å². The average Bonchev–Trinajstić information content (AvgIpc) is 3.41. The minimum atomic E-state index is -0.640. The number of hydrogen-bond acceptors (Lipinski definition) is 2. The summed E-state index contributed by atoms with van der Waals surface area (Å²) >= 11 is 0. The summed E-state index contributed by atoms with van der Waals surface area (Å²) in [6.45, 7) is 5.24. The zero-order chi connectivity index (χ0) is 22.3. The molecule has 2 saturated carbocycles. The summed E-state index contributed by atoms with van der Waals surface area (Å²) in [7, 11) is 0. The molecule has 2 amide bonds. The van der Waals surface area contributed by atoms with Crippen LogP contribution in [0.1, 0.15) is 82.8 Å². The van der Waals surface area contributed by atoms with Crippen LogP contribution in [-0.4, -0.2) is 34.8 Å². The van der Waals surface area contributed by atoms with Crippen molar-refractivity contribution >= 4 is 11.8 Å². The van der Waals surface area contributed by atoms with Crippen LogP contribution in [0, 0.1) is 23.7 Å². The Balaban J connectivity index is 1.42. The fourth-order valence-electron chi connectivity index (χ4n) is 7.37. The van der Waals surface area contributed by atoms with E-state index in [0.29, 0.717) is 36.1 Å². The quantitative estimate of drug-likeness (QED) is 0.714. The molecule has 1 aromatic carbocycles. The maximum atomic E-state index is 14.0. The lowest BCUT2D eigenvalue weighted by Gasteiger charge is -2.50. The smallest absolute Gasteiger partial charge is 0.246 e. The lowest BCUT2D eigenvalue weighted by Crippen LogP contribution is -2.63. The first-order chi connectivity index (χ1) is 15.4. The van der Waals surface area contributed by atoms with E-state index in [1.807, 2.05) is 0 Å². The van der Waals surface area contributed by atoms with Crippen LogP contribution in [0.15, 0.2) is 24.3 Å². The van der Waals surface area contributed by atoms with Gasteiger partial charge in [-0.2, -0.15) is 0 Å². The number of hydrogen-bond donors (Lipinski definition) is 1. The lowest BCUT2D eigenvalue weighted by molar-refractivity contribution is -0.150. The normalized spacial score (nSPS) is 32.8. The molecule has 4 atom stereocenters. The number of likely N-dealkylation sites (tertiary alicyclic amines) is 1. The van der Waals surface area contributed by atoms with Gasteiger partial charge in [0, 0.05) is 19.0 Å². The second-order valence-corrected chi connectivity index (χ2v) is 11.6. The number of carbonyl (C=O) groups excluding carboxylic acids is 2. The van der Waals surface area contributed by atoms with E-state index in [1.54, 1.807) is 0 Å². The standard InChI is InChI=1S/C28H40N2O2/c1-19(2)13-20-14-26(31)30(18-20)28(27(32)29-25-9-5-6-10-25)12-11-23-15-21-7-3-4-8-22(21)16-24(23)17-28/h3-4,7-8,19-20,23-25H,5-6,9-18H2,1-2H3,(H,29,32)/t20-,23-,24+,28+/m0/s1. The summed E-state index contributed by atoms with van der Waals surface area (Å²) in [4.78, 5) is 29.3. The highest BCUT2D eigenvalue weighted by Crippen LogP contribution is 2.48. The summed E-state index contributed by atoms with van der Waals surface area (Å²) < 4.78 is 0. The molecule has 1 aliphatic heterocycles. The van der Waals surface area contributed by atoms with E-state index in [1.165, 1.54) is 24.0 Å². The third-order valence-electron chi connectivity index (χ3n) is 8.92. The molecule has 174 valence electrons. The van der Waals surface area contributed by atoms with E-state index in [-0.39, 0.29) is 11.8 Å². The SMILES string of the molecule is CC(C)C[C@H]1CC(=O)N([C@]2(C(=O)NC3CCCC3)CC[C@H]3Cc4ccccc4C[C@@H]3C2)C1. The van der Waals surface area contributed by atoms with Crippen molar-refractivity contribution in [2.45, 2.75) is 96.1 Å². The summed E-state index contributed by atoms with van der Waals surface area (Å²) in [5.41, 5.74) is 2.30. The fraction of sp³-hybridized carbons (Fsp3) is 0.714. The number of nitrogens with zero attached hydrogens (tertiary/aromatic N) is 1. The molecule has 1 N–H and O–H groups in total. The molecule has 3 fully saturated rings. The van der Waals surface area contributed by atoms with Crippen LogP contribution in [0.2, 0.25) is 0 Å². The molecule has 5 rings (SSSR count). The molecule has 0 spiro atoms. The second kappa shape index (κ2) is 8.83. The van der Waals surface area contributed by atoms with Crippen molar-refractivity contribution in [3.8, 4) is 0 Å². The number of benzene rings is 1. The van der Waals surface area contributed by atoms with E-state index in [2.05, 4.69) is 48.3 Å². The van der Waals surface area contributed by atoms with Crippen LogP contribution >= 0.6 is 0 Å². The zero-order valence-electron chi connectivity index (χ0n) is 19.9. The van der Waals surface area contributed by atoms with E-state index in [9.17, 15) is 9.59 Å². The first kappa shape index (κ1) is 22.0. The Morgan fingerprint density at radius 2 is 1.75 bits per heavy atom. The Hall–Kier alpha value is -1.84. The maximum Gasteiger partial charge on any atom is 0.246 e. The van der Waals surface area contributed by atoms with Gasteiger partial charge < -0.3 is 10.2 Å². The minimum absolute atomic E-state index is 0.153. The van der Waals surface area contributed by atoms with Crippen LogP contribution in [0.25, 0.3) is 0 Å². The molecule has 1 heterocycles. The molecule has 4 heteroatoms. The van der Waals surface area contributed by atoms with Gasteiger partial charge in [0.1, 0.15) is 5.54 Å². The van der Waals surface area contributed by atoms with Crippen LogP contribution in [0.5, 0.6) is 0 Å². The maximum absolute atomic E-state index is 14.0. The van der Waals surface area contributed by atoms with Gasteiger partial charge in [-0.1, -0.05) is 51.0 Å². The Labute approximate surface area is 193 Å². The van der Waals surface area contributed by atoms with Gasteiger partial charge in [-0.3, -0.25) is 9.59 Å². The van der Waals surface area contributed by atoms with Crippen LogP contribution in [-0.2, 0) is 22.4 Å². The number of carbonyl (C=O) groups is 2. The highest BCUT2D eigenvalue weighted by molar-refractivity contribution is 5.92. The summed E-state index contributed by atoms with van der Waals surface area (Å²) in [5, 5.41) is 3.42. The van der Waals surface area contributed by atoms with Crippen molar-refractivity contribution in [1.82, 2.24) is 10.2 Å². The molecule has 32 heavy (non-hydrogen) atoms. The van der Waals surface area contributed by atoms with E-state index >= 15 is 0 Å². The minimum Gasteiger partial charge on any atom is -0.351 e. The van der Waals surface area contributed by atoms with E-state index < -0.39 is 5.54 Å². The molecule has 0 bridgehead atoms. The molecule has 1 aromatic rings. The van der Waals surface area contributed by atoms with Gasteiger partial charge in [0.05, 0.1) is 0 Å². The highest BCUT2D eigenvalue weighted by atomic mass is 16.2. The first-order valence-electron chi connectivity index (χ1n) is 13.1. The lowest BCUT2D eigenvalue weighted by atomic mass is 9.62. The summed E-state index contributed by atoms with van der Waals surface area (Å²) in [5.74, 6) is 2.48. The van der Waals surface area contributed by atoms with Gasteiger partial charge in [0.25, 0.3) is 0 Å². The predicted molar refractivity (Wildman–Crippen MR) is 127 cm³/mol. The molecule has 0 radical (unpaired) electrons. The van der Waals surface area contributed by atoms with Gasteiger partial charge in [-0.15, -0.1) is 0 Å². The topological polar surface area (TPSA) is 49.4 Å². The fourth-order valence-corrected chi connectivity index (χ4v) is 7.37. The van der Waals surface area contributed by atoms with Gasteiger partial charge in [-0.05, 0) is 86.2 Å². The van der Waals surface area contributed by atoms with Crippen molar-refractivity contribution in [3.63, 3.8) is 0 Å². The van der Waals surface area contributed by atoms with Crippen molar-refractivity contribution in [3.05, 3.63) is 35.4 Å². The van der Waals surface area contributed by atoms with Gasteiger partial charge in [-0.25, -0.2) is 0 Å². The van der Waals surface area contributed by atoms with Gasteiger partial charge in [0.2, 0.25) is 11.8 Å². The van der Waals surface area contributed by atoms with E-state index in [4.69, 9.17) is 0 Å². The molecular weight excluding hydrogens is 396 g/mol. The molecule has 4 nitrogen and oxygen atoms in total. The molecule has 3 aliphatic carbocycles. The molecule has 1 saturated heterocycles. The largest absolute Gasteiger partial charge is 0.351 e. The van der Waals surface area contributed by atoms with Crippen molar-refractivity contribution in [2.24, 2.45) is 23.7 Å². The number of nitrogens with one attached hydrogen (secondary N) is 1. The Morgan fingerprint density at radius 3 is 2.44 bits per heavy atom. The molecule has 0 unspecified atom stereocenters. The van der Waals surface area contributed by atoms with Crippen LogP contribution in [0.3, 0.4) is 0 Å². The Morgan fingerprint density at radius 1 is 1.06 bits per heavy atom. The van der Waals surface area contributed by atoms with E-state index in [0.717, 1.165) is 57.9 Å². The average molecular weight is 437 g/mol. The van der Waals surface area contributed by atoms with Crippen molar-refractivity contribution < 1.29 is 9.59 Å². The monoisotopic (exact) mass is 436 g/mol. The van der Waals surface area contributed by atoms with Gasteiger partial charge in [0.15, 0.2) is 0 Å². The molecule has 0 aromatic heterocycles. The Bertz CT molecular complexity index is 859. The summed E-state index contributed by atoms with van der Waals surface area (Å²) in [6, 6.07) is 9.14. The third-order valence-corrected chi connectivity index (χ3v) is 8.92. The van der Waals surface area contributed by atoms with Crippen molar-refractivity contribution in [2.75, 3.05) is 6.54 Å². The summed E-state index contributed by atoms with van der Waals surface area (Å²) in [6.07, 6.45) is 11.2. The Kier molecular flexibility index (Phi) is 6.07. The molecule has 4 aliphatic rings.